The van der Waals surface area contributed by atoms with Gasteiger partial charge >= 0.3 is 0 Å². The van der Waals surface area contributed by atoms with Crippen molar-refractivity contribution in [2.75, 3.05) is 6.54 Å². The fraction of sp³-hybridized carbons (Fsp3) is 0.385. The van der Waals surface area contributed by atoms with Crippen molar-refractivity contribution in [1.29, 1.82) is 0 Å². The van der Waals surface area contributed by atoms with Gasteiger partial charge in [-0.05, 0) is 30.2 Å². The average Bonchev–Trinajstić information content (AvgIpc) is 2.83. The van der Waals surface area contributed by atoms with Crippen molar-refractivity contribution in [3.63, 3.8) is 0 Å². The number of benzene rings is 1. The molecule has 0 radical (unpaired) electrons. The van der Waals surface area contributed by atoms with Crippen LogP contribution in [0.25, 0.3) is 11.0 Å². The van der Waals surface area contributed by atoms with Crippen LogP contribution in [0.3, 0.4) is 0 Å². The quantitative estimate of drug-likeness (QED) is 0.740. The summed E-state index contributed by atoms with van der Waals surface area (Å²) < 4.78 is 0. The molecule has 0 fully saturated rings. The van der Waals surface area contributed by atoms with E-state index in [4.69, 9.17) is 5.73 Å². The summed E-state index contributed by atoms with van der Waals surface area (Å²) in [5.41, 5.74) is 8.46. The van der Waals surface area contributed by atoms with Crippen LogP contribution in [0.1, 0.15) is 18.9 Å². The average molecular weight is 246 g/mol. The zero-order valence-electron chi connectivity index (χ0n) is 10.4. The number of fused-ring (bicyclic) bond motifs is 1. The number of H-pyrrole nitrogens is 1. The molecule has 1 aromatic carbocycles. The molecule has 5 nitrogen and oxygen atoms in total. The Kier molecular flexibility index (Phi) is 3.94. The minimum Gasteiger partial charge on any atom is -0.352 e. The van der Waals surface area contributed by atoms with Gasteiger partial charge in [-0.15, -0.1) is 0 Å². The Morgan fingerprint density at radius 1 is 1.56 bits per heavy atom. The first-order valence-corrected chi connectivity index (χ1v) is 6.08. The van der Waals surface area contributed by atoms with Crippen LogP contribution in [0, 0.1) is 5.92 Å². The van der Waals surface area contributed by atoms with Crippen LogP contribution in [0.5, 0.6) is 0 Å². The summed E-state index contributed by atoms with van der Waals surface area (Å²) in [5.74, 6) is 0.262. The maximum absolute atomic E-state index is 11.6. The van der Waals surface area contributed by atoms with Crippen LogP contribution >= 0.6 is 0 Å². The smallest absolute Gasteiger partial charge is 0.220 e. The summed E-state index contributed by atoms with van der Waals surface area (Å²) in [6, 6.07) is 5.90. The molecule has 1 aromatic heterocycles. The van der Waals surface area contributed by atoms with Crippen molar-refractivity contribution >= 4 is 16.9 Å². The number of aromatic nitrogens is 2. The molecule has 0 saturated heterocycles. The molecule has 1 atom stereocenters. The molecular weight excluding hydrogens is 228 g/mol. The van der Waals surface area contributed by atoms with Crippen LogP contribution in [-0.2, 0) is 11.3 Å². The third-order valence-corrected chi connectivity index (χ3v) is 2.91. The van der Waals surface area contributed by atoms with Crippen molar-refractivity contribution in [3.8, 4) is 0 Å². The van der Waals surface area contributed by atoms with Gasteiger partial charge in [-0.25, -0.2) is 4.98 Å². The van der Waals surface area contributed by atoms with E-state index in [1.165, 1.54) is 0 Å². The van der Waals surface area contributed by atoms with Gasteiger partial charge in [-0.3, -0.25) is 4.79 Å². The van der Waals surface area contributed by atoms with E-state index in [0.717, 1.165) is 16.6 Å². The number of hydrogen-bond donors (Lipinski definition) is 3. The van der Waals surface area contributed by atoms with Crippen LogP contribution in [0.15, 0.2) is 24.5 Å². The number of nitrogens with one attached hydrogen (secondary N) is 2. The number of carbonyl (C=O) groups excluding carboxylic acids is 1. The van der Waals surface area contributed by atoms with Gasteiger partial charge in [0.25, 0.3) is 0 Å². The number of nitrogens with zero attached hydrogens (tertiary/aromatic N) is 1. The van der Waals surface area contributed by atoms with E-state index in [1.54, 1.807) is 6.33 Å². The number of aromatic amines is 1. The van der Waals surface area contributed by atoms with Crippen molar-refractivity contribution in [2.24, 2.45) is 11.7 Å². The summed E-state index contributed by atoms with van der Waals surface area (Å²) in [6.07, 6.45) is 2.14. The van der Waals surface area contributed by atoms with Crippen molar-refractivity contribution in [3.05, 3.63) is 30.1 Å². The van der Waals surface area contributed by atoms with Crippen molar-refractivity contribution in [2.45, 2.75) is 19.9 Å². The van der Waals surface area contributed by atoms with E-state index in [2.05, 4.69) is 15.3 Å². The monoisotopic (exact) mass is 246 g/mol. The highest BCUT2D eigenvalue weighted by Crippen LogP contribution is 2.11. The molecule has 1 unspecified atom stereocenters. The van der Waals surface area contributed by atoms with Gasteiger partial charge < -0.3 is 16.0 Å². The molecule has 2 rings (SSSR count). The Morgan fingerprint density at radius 2 is 2.39 bits per heavy atom. The van der Waals surface area contributed by atoms with Gasteiger partial charge in [0.1, 0.15) is 0 Å². The molecule has 96 valence electrons. The first-order valence-electron chi connectivity index (χ1n) is 6.08. The lowest BCUT2D eigenvalue weighted by Gasteiger charge is -2.09. The second-order valence-corrected chi connectivity index (χ2v) is 4.58. The fourth-order valence-corrected chi connectivity index (χ4v) is 1.77. The van der Waals surface area contributed by atoms with E-state index in [9.17, 15) is 4.79 Å². The third-order valence-electron chi connectivity index (χ3n) is 2.91. The highest BCUT2D eigenvalue weighted by atomic mass is 16.1. The number of amides is 1. The lowest BCUT2D eigenvalue weighted by atomic mass is 10.1. The molecule has 18 heavy (non-hydrogen) atoms. The third kappa shape index (κ3) is 3.07. The first kappa shape index (κ1) is 12.6. The predicted octanol–water partition coefficient (Wildman–Crippen LogP) is 1.16. The number of imidazole rings is 1. The zero-order chi connectivity index (χ0) is 13.0. The maximum atomic E-state index is 11.6. The SMILES string of the molecule is CC(CN)CC(=O)NCc1ccc2nc[nH]c2c1. The molecule has 0 aliphatic rings. The number of nitrogens with two attached hydrogens (primary N) is 1. The van der Waals surface area contributed by atoms with E-state index >= 15 is 0 Å². The van der Waals surface area contributed by atoms with Crippen LogP contribution in [0.2, 0.25) is 0 Å². The second kappa shape index (κ2) is 5.64. The van der Waals surface area contributed by atoms with Crippen molar-refractivity contribution < 1.29 is 4.79 Å². The molecule has 0 spiro atoms. The van der Waals surface area contributed by atoms with Gasteiger partial charge in [0.2, 0.25) is 5.91 Å². The standard InChI is InChI=1S/C13H18N4O/c1-9(6-14)4-13(18)15-7-10-2-3-11-12(5-10)17-8-16-11/h2-3,5,8-9H,4,6-7,14H2,1H3,(H,15,18)(H,16,17). The number of rotatable bonds is 5. The highest BCUT2D eigenvalue weighted by Gasteiger charge is 2.07. The molecule has 4 N–H and O–H groups in total. The van der Waals surface area contributed by atoms with Crippen LogP contribution < -0.4 is 11.1 Å². The van der Waals surface area contributed by atoms with Gasteiger partial charge in [0.05, 0.1) is 17.4 Å². The predicted molar refractivity (Wildman–Crippen MR) is 70.8 cm³/mol. The Balaban J connectivity index is 1.91. The topological polar surface area (TPSA) is 83.8 Å². The maximum Gasteiger partial charge on any atom is 0.220 e. The summed E-state index contributed by atoms with van der Waals surface area (Å²) in [7, 11) is 0. The van der Waals surface area contributed by atoms with E-state index in [1.807, 2.05) is 25.1 Å². The van der Waals surface area contributed by atoms with Crippen LogP contribution in [-0.4, -0.2) is 22.4 Å². The summed E-state index contributed by atoms with van der Waals surface area (Å²) in [4.78, 5) is 18.8. The lowest BCUT2D eigenvalue weighted by Crippen LogP contribution is -2.26. The van der Waals surface area contributed by atoms with Gasteiger partial charge in [0, 0.05) is 13.0 Å². The molecule has 1 amide bonds. The van der Waals surface area contributed by atoms with E-state index in [-0.39, 0.29) is 11.8 Å². The molecule has 2 aromatic rings. The molecule has 0 saturated carbocycles. The zero-order valence-corrected chi connectivity index (χ0v) is 10.4. The lowest BCUT2D eigenvalue weighted by molar-refractivity contribution is -0.122. The van der Waals surface area contributed by atoms with E-state index < -0.39 is 0 Å². The summed E-state index contributed by atoms with van der Waals surface area (Å²) >= 11 is 0. The molecule has 5 heteroatoms. The van der Waals surface area contributed by atoms with Crippen LogP contribution in [0.4, 0.5) is 0 Å². The van der Waals surface area contributed by atoms with Crippen molar-refractivity contribution in [1.82, 2.24) is 15.3 Å². The van der Waals surface area contributed by atoms with Gasteiger partial charge in [0.15, 0.2) is 0 Å². The molecule has 0 aliphatic heterocycles. The molecule has 0 aliphatic carbocycles. The Bertz CT molecular complexity index is 535. The second-order valence-electron chi connectivity index (χ2n) is 4.58. The molecular formula is C13H18N4O. The van der Waals surface area contributed by atoms with Gasteiger partial charge in [-0.2, -0.15) is 0 Å². The molecule has 0 bridgehead atoms. The summed E-state index contributed by atoms with van der Waals surface area (Å²) in [6.45, 7) is 3.04. The minimum absolute atomic E-state index is 0.0395. The highest BCUT2D eigenvalue weighted by molar-refractivity contribution is 5.77. The largest absolute Gasteiger partial charge is 0.352 e. The number of carbonyl (C=O) groups is 1. The minimum atomic E-state index is 0.0395. The fourth-order valence-electron chi connectivity index (χ4n) is 1.77. The Morgan fingerprint density at radius 3 is 3.17 bits per heavy atom. The summed E-state index contributed by atoms with van der Waals surface area (Å²) in [5, 5.41) is 2.89. The first-order chi connectivity index (χ1) is 8.69. The molecule has 1 heterocycles. The van der Waals surface area contributed by atoms with Gasteiger partial charge in [-0.1, -0.05) is 13.0 Å². The number of hydrogen-bond acceptors (Lipinski definition) is 3. The Hall–Kier alpha value is -1.88. The van der Waals surface area contributed by atoms with E-state index in [0.29, 0.717) is 19.5 Å². The normalized spacial score (nSPS) is 12.6. The Labute approximate surface area is 106 Å².